The maximum Gasteiger partial charge on any atom is 0.358 e. The largest absolute Gasteiger partial charge is 0.476 e. The molecule has 0 spiro atoms. The van der Waals surface area contributed by atoms with Gasteiger partial charge in [-0.15, -0.1) is 5.10 Å². The van der Waals surface area contributed by atoms with E-state index in [1.54, 1.807) is 9.58 Å². The van der Waals surface area contributed by atoms with Crippen molar-refractivity contribution >= 4 is 11.9 Å². The van der Waals surface area contributed by atoms with E-state index in [-0.39, 0.29) is 17.6 Å². The molecule has 1 N–H and O–H groups in total. The SMILES string of the molecule is CC(=O)N1CCC[C@@H](n2cc(C(=O)O)nn2)C1. The number of nitrogens with zero attached hydrogens (tertiary/aromatic N) is 4. The number of aromatic nitrogens is 3. The van der Waals surface area contributed by atoms with Crippen molar-refractivity contribution in [1.82, 2.24) is 19.9 Å². The lowest BCUT2D eigenvalue weighted by molar-refractivity contribution is -0.130. The first kappa shape index (κ1) is 11.6. The summed E-state index contributed by atoms with van der Waals surface area (Å²) in [4.78, 5) is 23.7. The molecule has 1 aromatic heterocycles. The summed E-state index contributed by atoms with van der Waals surface area (Å²) < 4.78 is 1.54. The van der Waals surface area contributed by atoms with E-state index in [0.717, 1.165) is 19.4 Å². The van der Waals surface area contributed by atoms with Gasteiger partial charge in [0.1, 0.15) is 0 Å². The lowest BCUT2D eigenvalue weighted by Gasteiger charge is -2.31. The van der Waals surface area contributed by atoms with Gasteiger partial charge < -0.3 is 10.0 Å². The normalized spacial score (nSPS) is 20.3. The number of aromatic carboxylic acids is 1. The molecule has 7 heteroatoms. The molecule has 0 saturated carbocycles. The molecule has 92 valence electrons. The van der Waals surface area contributed by atoms with Gasteiger partial charge in [-0.2, -0.15) is 0 Å². The second-order valence-electron chi connectivity index (χ2n) is 4.15. The van der Waals surface area contributed by atoms with Gasteiger partial charge >= 0.3 is 5.97 Å². The van der Waals surface area contributed by atoms with Gasteiger partial charge in [-0.3, -0.25) is 4.79 Å². The summed E-state index contributed by atoms with van der Waals surface area (Å²) in [6, 6.07) is 0.0215. The monoisotopic (exact) mass is 238 g/mol. The number of carboxylic acids is 1. The smallest absolute Gasteiger partial charge is 0.358 e. The molecule has 1 aromatic rings. The Labute approximate surface area is 98.0 Å². The number of carboxylic acid groups (broad SMARTS) is 1. The maximum absolute atomic E-state index is 11.3. The Morgan fingerprint density at radius 1 is 1.53 bits per heavy atom. The van der Waals surface area contributed by atoms with Gasteiger partial charge in [-0.05, 0) is 12.8 Å². The van der Waals surface area contributed by atoms with Crippen molar-refractivity contribution in [3.05, 3.63) is 11.9 Å². The van der Waals surface area contributed by atoms with Crippen LogP contribution in [0.3, 0.4) is 0 Å². The van der Waals surface area contributed by atoms with E-state index in [1.165, 1.54) is 13.1 Å². The molecular weight excluding hydrogens is 224 g/mol. The summed E-state index contributed by atoms with van der Waals surface area (Å²) in [5.74, 6) is -1.05. The number of carbonyl (C=O) groups is 2. The highest BCUT2D eigenvalue weighted by molar-refractivity contribution is 5.84. The van der Waals surface area contributed by atoms with E-state index in [0.29, 0.717) is 6.54 Å². The first-order valence-corrected chi connectivity index (χ1v) is 5.48. The standard InChI is InChI=1S/C10H14N4O3/c1-7(15)13-4-2-3-8(5-13)14-6-9(10(16)17)11-12-14/h6,8H,2-5H2,1H3,(H,16,17)/t8-/m1/s1. The fourth-order valence-electron chi connectivity index (χ4n) is 2.01. The molecule has 1 saturated heterocycles. The average Bonchev–Trinajstić information content (AvgIpc) is 2.78. The molecule has 2 heterocycles. The Morgan fingerprint density at radius 2 is 2.29 bits per heavy atom. The van der Waals surface area contributed by atoms with Crippen molar-refractivity contribution in [2.45, 2.75) is 25.8 Å². The van der Waals surface area contributed by atoms with Crippen LogP contribution in [-0.2, 0) is 4.79 Å². The van der Waals surface area contributed by atoms with Crippen molar-refractivity contribution in [3.63, 3.8) is 0 Å². The first-order valence-electron chi connectivity index (χ1n) is 5.48. The number of carbonyl (C=O) groups excluding carboxylic acids is 1. The lowest BCUT2D eigenvalue weighted by Crippen LogP contribution is -2.39. The molecule has 1 amide bonds. The quantitative estimate of drug-likeness (QED) is 0.792. The highest BCUT2D eigenvalue weighted by Crippen LogP contribution is 2.20. The minimum absolute atomic E-state index is 0.0215. The van der Waals surface area contributed by atoms with E-state index in [9.17, 15) is 9.59 Å². The van der Waals surface area contributed by atoms with E-state index < -0.39 is 5.97 Å². The van der Waals surface area contributed by atoms with Crippen LogP contribution in [-0.4, -0.2) is 50.0 Å². The maximum atomic E-state index is 11.3. The Morgan fingerprint density at radius 3 is 2.88 bits per heavy atom. The summed E-state index contributed by atoms with van der Waals surface area (Å²) in [5, 5.41) is 16.1. The summed E-state index contributed by atoms with van der Waals surface area (Å²) >= 11 is 0. The third kappa shape index (κ3) is 2.43. The van der Waals surface area contributed by atoms with Crippen LogP contribution in [0.15, 0.2) is 6.20 Å². The van der Waals surface area contributed by atoms with E-state index in [1.807, 2.05) is 0 Å². The van der Waals surface area contributed by atoms with E-state index in [4.69, 9.17) is 5.11 Å². The van der Waals surface area contributed by atoms with Crippen molar-refractivity contribution in [2.24, 2.45) is 0 Å². The van der Waals surface area contributed by atoms with Gasteiger partial charge in [-0.25, -0.2) is 9.48 Å². The van der Waals surface area contributed by atoms with Gasteiger partial charge in [0, 0.05) is 20.0 Å². The molecule has 1 aliphatic heterocycles. The zero-order chi connectivity index (χ0) is 12.4. The van der Waals surface area contributed by atoms with Gasteiger partial charge in [0.05, 0.1) is 12.2 Å². The molecular formula is C10H14N4O3. The second-order valence-corrected chi connectivity index (χ2v) is 4.15. The van der Waals surface area contributed by atoms with Crippen LogP contribution in [0.25, 0.3) is 0 Å². The third-order valence-electron chi connectivity index (χ3n) is 2.95. The van der Waals surface area contributed by atoms with Gasteiger partial charge in [0.25, 0.3) is 0 Å². The van der Waals surface area contributed by atoms with Crippen LogP contribution in [0, 0.1) is 0 Å². The summed E-state index contributed by atoms with van der Waals surface area (Å²) in [5.41, 5.74) is -0.0649. The zero-order valence-electron chi connectivity index (χ0n) is 9.54. The minimum atomic E-state index is -1.09. The van der Waals surface area contributed by atoms with Crippen LogP contribution in [0.1, 0.15) is 36.3 Å². The van der Waals surface area contributed by atoms with Crippen LogP contribution in [0.5, 0.6) is 0 Å². The fraction of sp³-hybridized carbons (Fsp3) is 0.600. The molecule has 1 aliphatic rings. The third-order valence-corrected chi connectivity index (χ3v) is 2.95. The van der Waals surface area contributed by atoms with E-state index >= 15 is 0 Å². The Hall–Kier alpha value is -1.92. The number of likely N-dealkylation sites (tertiary alicyclic amines) is 1. The molecule has 2 rings (SSSR count). The van der Waals surface area contributed by atoms with Crippen molar-refractivity contribution in [3.8, 4) is 0 Å². The minimum Gasteiger partial charge on any atom is -0.476 e. The van der Waals surface area contributed by atoms with Gasteiger partial charge in [-0.1, -0.05) is 5.21 Å². The second kappa shape index (κ2) is 4.52. The summed E-state index contributed by atoms with van der Waals surface area (Å²) in [7, 11) is 0. The zero-order valence-corrected chi connectivity index (χ0v) is 9.54. The number of hydrogen-bond acceptors (Lipinski definition) is 4. The number of rotatable bonds is 2. The molecule has 1 atom stereocenters. The van der Waals surface area contributed by atoms with Gasteiger partial charge in [0.15, 0.2) is 5.69 Å². The molecule has 17 heavy (non-hydrogen) atoms. The highest BCUT2D eigenvalue weighted by Gasteiger charge is 2.24. The van der Waals surface area contributed by atoms with E-state index in [2.05, 4.69) is 10.3 Å². The topological polar surface area (TPSA) is 88.3 Å². The van der Waals surface area contributed by atoms with Crippen molar-refractivity contribution < 1.29 is 14.7 Å². The van der Waals surface area contributed by atoms with Crippen LogP contribution in [0.2, 0.25) is 0 Å². The molecule has 0 bridgehead atoms. The van der Waals surface area contributed by atoms with Crippen LogP contribution in [0.4, 0.5) is 0 Å². The molecule has 7 nitrogen and oxygen atoms in total. The van der Waals surface area contributed by atoms with Crippen LogP contribution >= 0.6 is 0 Å². The lowest BCUT2D eigenvalue weighted by atomic mass is 10.1. The Kier molecular flexibility index (Phi) is 3.08. The Balaban J connectivity index is 2.10. The number of hydrogen-bond donors (Lipinski definition) is 1. The molecule has 0 radical (unpaired) electrons. The van der Waals surface area contributed by atoms with Crippen LogP contribution < -0.4 is 0 Å². The Bertz CT molecular complexity index is 443. The number of amides is 1. The summed E-state index contributed by atoms with van der Waals surface area (Å²) in [6.45, 7) is 2.86. The number of piperidine rings is 1. The predicted molar refractivity (Wildman–Crippen MR) is 57.5 cm³/mol. The van der Waals surface area contributed by atoms with Crippen molar-refractivity contribution in [1.29, 1.82) is 0 Å². The average molecular weight is 238 g/mol. The molecule has 0 aliphatic carbocycles. The predicted octanol–water partition coefficient (Wildman–Crippen LogP) is 0.160. The van der Waals surface area contributed by atoms with Crippen molar-refractivity contribution in [2.75, 3.05) is 13.1 Å². The molecule has 0 unspecified atom stereocenters. The summed E-state index contributed by atoms with van der Waals surface area (Å²) in [6.07, 6.45) is 3.19. The first-order chi connectivity index (χ1) is 8.08. The van der Waals surface area contributed by atoms with Gasteiger partial charge in [0.2, 0.25) is 5.91 Å². The highest BCUT2D eigenvalue weighted by atomic mass is 16.4. The molecule has 1 fully saturated rings. The fourth-order valence-corrected chi connectivity index (χ4v) is 2.01. The molecule has 0 aromatic carbocycles.